The normalized spacial score (nSPS) is 24.6. The Balaban J connectivity index is 1.84. The van der Waals surface area contributed by atoms with E-state index in [1.165, 1.54) is 4.68 Å². The van der Waals surface area contributed by atoms with Gasteiger partial charge in [-0.05, 0) is 12.8 Å². The zero-order chi connectivity index (χ0) is 15.6. The summed E-state index contributed by atoms with van der Waals surface area (Å²) in [6, 6.07) is 0.00503. The highest BCUT2D eigenvalue weighted by Gasteiger charge is 2.46. The summed E-state index contributed by atoms with van der Waals surface area (Å²) >= 11 is 5.81. The van der Waals surface area contributed by atoms with E-state index in [0.29, 0.717) is 17.3 Å². The summed E-state index contributed by atoms with van der Waals surface area (Å²) in [5.41, 5.74) is 0.548. The lowest BCUT2D eigenvalue weighted by molar-refractivity contribution is -0.141. The lowest BCUT2D eigenvalue weighted by Gasteiger charge is -2.34. The molecule has 21 heavy (non-hydrogen) atoms. The second-order valence-corrected chi connectivity index (χ2v) is 5.50. The van der Waals surface area contributed by atoms with Gasteiger partial charge in [0.1, 0.15) is 11.3 Å². The van der Waals surface area contributed by atoms with Crippen molar-refractivity contribution in [2.75, 3.05) is 0 Å². The fourth-order valence-electron chi connectivity index (χ4n) is 2.29. The molecular weight excluding hydrogens is 306 g/mol. The molecule has 1 aromatic rings. The Morgan fingerprint density at radius 3 is 3.00 bits per heavy atom. The lowest BCUT2D eigenvalue weighted by Crippen LogP contribution is -2.55. The monoisotopic (exact) mass is 322 g/mol. The first-order valence-electron chi connectivity index (χ1n) is 6.58. The van der Waals surface area contributed by atoms with E-state index in [1.807, 2.05) is 0 Å². The van der Waals surface area contributed by atoms with Crippen LogP contribution in [-0.4, -0.2) is 39.0 Å². The molecule has 0 radical (unpaired) electrons. The van der Waals surface area contributed by atoms with Crippen LogP contribution in [0.4, 0.5) is 13.6 Å². The number of carbonyl (C=O) groups is 1. The fourth-order valence-corrected chi connectivity index (χ4v) is 2.45. The molecule has 6 nitrogen and oxygen atoms in total. The highest BCUT2D eigenvalue weighted by molar-refractivity contribution is 6.29. The van der Waals surface area contributed by atoms with Gasteiger partial charge >= 0.3 is 6.03 Å². The van der Waals surface area contributed by atoms with Crippen molar-refractivity contribution >= 4 is 17.6 Å². The first-order chi connectivity index (χ1) is 9.79. The van der Waals surface area contributed by atoms with E-state index in [-0.39, 0.29) is 19.4 Å². The van der Waals surface area contributed by atoms with E-state index in [4.69, 9.17) is 11.6 Å². The number of alkyl halides is 2. The smallest absolute Gasteiger partial charge is 0.315 e. The van der Waals surface area contributed by atoms with Crippen LogP contribution in [0, 0.1) is 0 Å². The molecule has 0 spiro atoms. The first-order valence-corrected chi connectivity index (χ1v) is 6.96. The summed E-state index contributed by atoms with van der Waals surface area (Å²) in [6.07, 6.45) is -1.65. The molecule has 118 valence electrons. The van der Waals surface area contributed by atoms with Crippen LogP contribution < -0.4 is 10.6 Å². The maximum Gasteiger partial charge on any atom is 0.315 e. The van der Waals surface area contributed by atoms with E-state index in [9.17, 15) is 18.7 Å². The van der Waals surface area contributed by atoms with Gasteiger partial charge < -0.3 is 15.7 Å². The third kappa shape index (κ3) is 3.82. The number of aryl methyl sites for hydroxylation is 1. The summed E-state index contributed by atoms with van der Waals surface area (Å²) in [5, 5.41) is 18.9. The number of aromatic nitrogens is 2. The molecule has 1 heterocycles. The summed E-state index contributed by atoms with van der Waals surface area (Å²) in [7, 11) is 1.66. The van der Waals surface area contributed by atoms with Gasteiger partial charge in [0, 0.05) is 19.5 Å². The predicted molar refractivity (Wildman–Crippen MR) is 72.2 cm³/mol. The van der Waals surface area contributed by atoms with Crippen molar-refractivity contribution in [3.8, 4) is 0 Å². The van der Waals surface area contributed by atoms with Gasteiger partial charge in [0.15, 0.2) is 0 Å². The molecule has 3 N–H and O–H groups in total. The number of hydrogen-bond donors (Lipinski definition) is 3. The highest BCUT2D eigenvalue weighted by Crippen LogP contribution is 2.33. The van der Waals surface area contributed by atoms with Gasteiger partial charge in [-0.2, -0.15) is 5.10 Å². The molecule has 9 heteroatoms. The topological polar surface area (TPSA) is 79.2 Å². The van der Waals surface area contributed by atoms with Gasteiger partial charge in [0.05, 0.1) is 18.3 Å². The van der Waals surface area contributed by atoms with E-state index in [0.717, 1.165) is 0 Å². The zero-order valence-electron chi connectivity index (χ0n) is 11.4. The Morgan fingerprint density at radius 1 is 1.67 bits per heavy atom. The largest absolute Gasteiger partial charge is 0.385 e. The van der Waals surface area contributed by atoms with Crippen LogP contribution in [0.2, 0.25) is 5.15 Å². The molecule has 2 atom stereocenters. The van der Waals surface area contributed by atoms with Crippen molar-refractivity contribution in [2.24, 2.45) is 7.05 Å². The van der Waals surface area contributed by atoms with E-state index >= 15 is 0 Å². The Bertz CT molecular complexity index is 504. The van der Waals surface area contributed by atoms with Crippen LogP contribution in [0.1, 0.15) is 25.0 Å². The third-order valence-electron chi connectivity index (χ3n) is 3.46. The van der Waals surface area contributed by atoms with E-state index in [2.05, 4.69) is 15.7 Å². The van der Waals surface area contributed by atoms with Gasteiger partial charge in [0.2, 0.25) is 0 Å². The molecule has 1 aromatic heterocycles. The number of amides is 2. The minimum absolute atomic E-state index is 0.117. The van der Waals surface area contributed by atoms with E-state index in [1.54, 1.807) is 13.1 Å². The summed E-state index contributed by atoms with van der Waals surface area (Å²) in [6.45, 7) is 0.117. The van der Waals surface area contributed by atoms with Crippen molar-refractivity contribution in [3.63, 3.8) is 0 Å². The van der Waals surface area contributed by atoms with Gasteiger partial charge in [-0.15, -0.1) is 0 Å². The van der Waals surface area contributed by atoms with Crippen LogP contribution in [-0.2, 0) is 13.6 Å². The van der Waals surface area contributed by atoms with Crippen molar-refractivity contribution < 1.29 is 18.7 Å². The maximum absolute atomic E-state index is 13.3. The number of hydrogen-bond acceptors (Lipinski definition) is 3. The minimum atomic E-state index is -3.16. The molecule has 1 aliphatic rings. The van der Waals surface area contributed by atoms with Crippen molar-refractivity contribution in [1.29, 1.82) is 0 Å². The number of aliphatic hydroxyl groups is 1. The average molecular weight is 323 g/mol. The van der Waals surface area contributed by atoms with Gasteiger partial charge in [-0.25, -0.2) is 13.6 Å². The third-order valence-corrected chi connectivity index (χ3v) is 3.81. The number of halogens is 3. The van der Waals surface area contributed by atoms with Gasteiger partial charge in [-0.3, -0.25) is 4.68 Å². The first kappa shape index (κ1) is 16.0. The molecule has 1 saturated carbocycles. The Hall–Kier alpha value is -1.41. The Kier molecular flexibility index (Phi) is 4.67. The quantitative estimate of drug-likeness (QED) is 0.787. The highest BCUT2D eigenvalue weighted by atomic mass is 35.5. The van der Waals surface area contributed by atoms with Crippen LogP contribution in [0.15, 0.2) is 6.07 Å². The second kappa shape index (κ2) is 6.15. The molecular formula is C12H17ClF2N4O2. The maximum atomic E-state index is 13.3. The van der Waals surface area contributed by atoms with Gasteiger partial charge in [0.25, 0.3) is 5.92 Å². The fraction of sp³-hybridized carbons (Fsp3) is 0.667. The number of nitrogens with one attached hydrogen (secondary N) is 2. The van der Waals surface area contributed by atoms with E-state index < -0.39 is 24.1 Å². The Morgan fingerprint density at radius 2 is 2.38 bits per heavy atom. The van der Waals surface area contributed by atoms with Crippen LogP contribution in [0.3, 0.4) is 0 Å². The molecule has 1 fully saturated rings. The van der Waals surface area contributed by atoms with Crippen LogP contribution in [0.5, 0.6) is 0 Å². The zero-order valence-corrected chi connectivity index (χ0v) is 12.2. The number of nitrogens with zero attached hydrogens (tertiary/aromatic N) is 2. The summed E-state index contributed by atoms with van der Waals surface area (Å²) in [5.74, 6) is -3.16. The standard InChI is InChI=1S/C12H17ClF2N4O2/c1-19-9(13)5-7(18-19)6-16-11(21)17-8-3-2-4-12(14,15)10(8)20/h5,8,10,20H,2-4,6H2,1H3,(H2,16,17,21)/t8-,10+/m1/s1. The van der Waals surface area contributed by atoms with Crippen LogP contribution >= 0.6 is 11.6 Å². The SMILES string of the molecule is Cn1nc(CNC(=O)N[C@@H]2CCCC(F)(F)[C@H]2O)cc1Cl. The lowest BCUT2D eigenvalue weighted by atomic mass is 9.89. The molecule has 0 aliphatic heterocycles. The molecule has 0 saturated heterocycles. The number of rotatable bonds is 3. The molecule has 1 aliphatic carbocycles. The van der Waals surface area contributed by atoms with Gasteiger partial charge in [-0.1, -0.05) is 11.6 Å². The Labute approximate surface area is 125 Å². The van der Waals surface area contributed by atoms with Crippen molar-refractivity contribution in [3.05, 3.63) is 16.9 Å². The summed E-state index contributed by atoms with van der Waals surface area (Å²) in [4.78, 5) is 11.7. The molecule has 0 unspecified atom stereocenters. The number of urea groups is 1. The number of aliphatic hydroxyl groups excluding tert-OH is 1. The minimum Gasteiger partial charge on any atom is -0.385 e. The summed E-state index contributed by atoms with van der Waals surface area (Å²) < 4.78 is 28.1. The average Bonchev–Trinajstić information content (AvgIpc) is 2.72. The molecule has 0 aromatic carbocycles. The van der Waals surface area contributed by atoms with Crippen LogP contribution in [0.25, 0.3) is 0 Å². The second-order valence-electron chi connectivity index (χ2n) is 5.11. The predicted octanol–water partition coefficient (Wildman–Crippen LogP) is 1.42. The molecule has 0 bridgehead atoms. The van der Waals surface area contributed by atoms with Crippen molar-refractivity contribution in [2.45, 2.75) is 43.9 Å². The number of carbonyl (C=O) groups excluding carboxylic acids is 1. The molecule has 2 amide bonds. The molecule has 2 rings (SSSR count). The van der Waals surface area contributed by atoms with Crippen molar-refractivity contribution in [1.82, 2.24) is 20.4 Å².